The zero-order valence-electron chi connectivity index (χ0n) is 16.1. The number of hydrogen-bond donors (Lipinski definition) is 0. The third kappa shape index (κ3) is 3.33. The van der Waals surface area contributed by atoms with E-state index in [-0.39, 0.29) is 5.91 Å². The minimum absolute atomic E-state index is 0.0191. The van der Waals surface area contributed by atoms with Gasteiger partial charge < -0.3 is 14.4 Å². The molecule has 2 aromatic heterocycles. The summed E-state index contributed by atoms with van der Waals surface area (Å²) in [6.45, 7) is 3.10. The van der Waals surface area contributed by atoms with Crippen molar-refractivity contribution < 1.29 is 14.3 Å². The molecule has 6 nitrogen and oxygen atoms in total. The van der Waals surface area contributed by atoms with Crippen LogP contribution in [0.2, 0.25) is 0 Å². The molecule has 1 aliphatic rings. The third-order valence-electron chi connectivity index (χ3n) is 4.90. The highest BCUT2D eigenvalue weighted by Crippen LogP contribution is 2.34. The number of aryl methyl sites for hydroxylation is 1. The Bertz CT molecular complexity index is 1020. The van der Waals surface area contributed by atoms with Gasteiger partial charge in [-0.15, -0.1) is 11.3 Å². The van der Waals surface area contributed by atoms with Gasteiger partial charge in [-0.25, -0.2) is 4.98 Å². The molecule has 7 heteroatoms. The Morgan fingerprint density at radius 3 is 2.61 bits per heavy atom. The first-order valence-electron chi connectivity index (χ1n) is 9.01. The van der Waals surface area contributed by atoms with Crippen molar-refractivity contribution in [2.45, 2.75) is 19.9 Å². The number of ether oxygens (including phenoxy) is 2. The third-order valence-corrected chi connectivity index (χ3v) is 6.10. The van der Waals surface area contributed by atoms with Crippen molar-refractivity contribution in [1.82, 2.24) is 14.9 Å². The molecule has 1 amide bonds. The fraction of sp³-hybridized carbons (Fsp3) is 0.286. The van der Waals surface area contributed by atoms with Gasteiger partial charge in [-0.3, -0.25) is 9.78 Å². The van der Waals surface area contributed by atoms with Crippen LogP contribution in [0.5, 0.6) is 11.5 Å². The summed E-state index contributed by atoms with van der Waals surface area (Å²) < 4.78 is 10.8. The van der Waals surface area contributed by atoms with Gasteiger partial charge >= 0.3 is 0 Å². The minimum Gasteiger partial charge on any atom is -0.493 e. The summed E-state index contributed by atoms with van der Waals surface area (Å²) >= 11 is 1.42. The van der Waals surface area contributed by atoms with E-state index in [1.165, 1.54) is 16.9 Å². The maximum absolute atomic E-state index is 13.2. The molecule has 0 atom stereocenters. The molecule has 0 radical (unpaired) electrons. The molecular formula is C21H21N3O3S. The number of aromatic nitrogens is 2. The Labute approximate surface area is 167 Å². The summed E-state index contributed by atoms with van der Waals surface area (Å²) in [6, 6.07) is 7.80. The smallest absolute Gasteiger partial charge is 0.266 e. The standard InChI is InChI=1S/C21H21N3O3S/c1-13-19(28-20(23-13)15-5-4-7-22-11-15)21(25)24-8-6-14-9-17(26-2)18(27-3)10-16(14)12-24/h4-5,7,9-11H,6,8,12H2,1-3H3. The van der Waals surface area contributed by atoms with E-state index in [0.29, 0.717) is 23.7 Å². The number of fused-ring (bicyclic) bond motifs is 1. The summed E-state index contributed by atoms with van der Waals surface area (Å²) in [7, 11) is 3.26. The average molecular weight is 395 g/mol. The molecule has 0 aliphatic carbocycles. The molecule has 0 bridgehead atoms. The quantitative estimate of drug-likeness (QED) is 0.674. The lowest BCUT2D eigenvalue weighted by atomic mass is 9.98. The summed E-state index contributed by atoms with van der Waals surface area (Å²) in [4.78, 5) is 24.5. The Balaban J connectivity index is 1.60. The van der Waals surface area contributed by atoms with Crippen LogP contribution in [0.25, 0.3) is 10.6 Å². The van der Waals surface area contributed by atoms with Crippen molar-refractivity contribution in [1.29, 1.82) is 0 Å². The molecule has 144 valence electrons. The number of nitrogens with zero attached hydrogens (tertiary/aromatic N) is 3. The van der Waals surface area contributed by atoms with Gasteiger partial charge in [0, 0.05) is 31.0 Å². The summed E-state index contributed by atoms with van der Waals surface area (Å²) in [5.41, 5.74) is 3.97. The van der Waals surface area contributed by atoms with E-state index in [1.807, 2.05) is 36.1 Å². The van der Waals surface area contributed by atoms with Crippen molar-refractivity contribution in [3.05, 3.63) is 58.4 Å². The molecule has 3 heterocycles. The molecule has 4 rings (SSSR count). The van der Waals surface area contributed by atoms with E-state index in [0.717, 1.165) is 34.0 Å². The zero-order chi connectivity index (χ0) is 19.7. The molecule has 0 saturated heterocycles. The Morgan fingerprint density at radius 2 is 1.93 bits per heavy atom. The van der Waals surface area contributed by atoms with Crippen LogP contribution in [0.1, 0.15) is 26.5 Å². The number of rotatable bonds is 4. The number of thiazole rings is 1. The van der Waals surface area contributed by atoms with Gasteiger partial charge in [-0.05, 0) is 48.7 Å². The maximum Gasteiger partial charge on any atom is 0.266 e. The number of methoxy groups -OCH3 is 2. The van der Waals surface area contributed by atoms with Crippen LogP contribution in [0.3, 0.4) is 0 Å². The topological polar surface area (TPSA) is 64.6 Å². The van der Waals surface area contributed by atoms with Crippen molar-refractivity contribution >= 4 is 17.2 Å². The molecular weight excluding hydrogens is 374 g/mol. The van der Waals surface area contributed by atoms with Crippen LogP contribution >= 0.6 is 11.3 Å². The number of pyridine rings is 1. The first-order chi connectivity index (χ1) is 13.6. The van der Waals surface area contributed by atoms with Crippen molar-refractivity contribution in [2.24, 2.45) is 0 Å². The summed E-state index contributed by atoms with van der Waals surface area (Å²) in [5, 5.41) is 0.817. The molecule has 0 saturated carbocycles. The highest BCUT2D eigenvalue weighted by Gasteiger charge is 2.26. The van der Waals surface area contributed by atoms with Crippen LogP contribution in [-0.4, -0.2) is 41.5 Å². The average Bonchev–Trinajstić information content (AvgIpc) is 3.14. The Hall–Kier alpha value is -2.93. The molecule has 1 aromatic carbocycles. The van der Waals surface area contributed by atoms with Gasteiger partial charge in [0.25, 0.3) is 5.91 Å². The normalized spacial score (nSPS) is 13.2. The zero-order valence-corrected chi connectivity index (χ0v) is 16.9. The second-order valence-corrected chi connectivity index (χ2v) is 7.63. The first kappa shape index (κ1) is 18.4. The van der Waals surface area contributed by atoms with E-state index in [1.54, 1.807) is 26.6 Å². The fourth-order valence-electron chi connectivity index (χ4n) is 3.41. The highest BCUT2D eigenvalue weighted by atomic mass is 32.1. The van der Waals surface area contributed by atoms with E-state index in [4.69, 9.17) is 9.47 Å². The second-order valence-electron chi connectivity index (χ2n) is 6.63. The largest absolute Gasteiger partial charge is 0.493 e. The fourth-order valence-corrected chi connectivity index (χ4v) is 4.43. The van der Waals surface area contributed by atoms with Crippen molar-refractivity contribution in [3.8, 4) is 22.1 Å². The van der Waals surface area contributed by atoms with E-state index >= 15 is 0 Å². The Kier molecular flexibility index (Phi) is 5.00. The van der Waals surface area contributed by atoms with Crippen LogP contribution in [-0.2, 0) is 13.0 Å². The number of amides is 1. The van der Waals surface area contributed by atoms with Crippen molar-refractivity contribution in [2.75, 3.05) is 20.8 Å². The van der Waals surface area contributed by atoms with Gasteiger partial charge in [-0.1, -0.05) is 0 Å². The lowest BCUT2D eigenvalue weighted by molar-refractivity contribution is 0.0738. The highest BCUT2D eigenvalue weighted by molar-refractivity contribution is 7.17. The van der Waals surface area contributed by atoms with E-state index < -0.39 is 0 Å². The van der Waals surface area contributed by atoms with E-state index in [9.17, 15) is 4.79 Å². The monoisotopic (exact) mass is 395 g/mol. The molecule has 1 aliphatic heterocycles. The molecule has 0 N–H and O–H groups in total. The van der Waals surface area contributed by atoms with Crippen LogP contribution in [0.15, 0.2) is 36.7 Å². The Morgan fingerprint density at radius 1 is 1.18 bits per heavy atom. The second kappa shape index (κ2) is 7.59. The molecule has 0 fully saturated rings. The summed E-state index contributed by atoms with van der Waals surface area (Å²) in [6.07, 6.45) is 4.28. The van der Waals surface area contributed by atoms with Gasteiger partial charge in [0.15, 0.2) is 11.5 Å². The molecule has 0 spiro atoms. The number of carbonyl (C=O) groups excluding carboxylic acids is 1. The minimum atomic E-state index is 0.0191. The first-order valence-corrected chi connectivity index (χ1v) is 9.83. The van der Waals surface area contributed by atoms with Gasteiger partial charge in [-0.2, -0.15) is 0 Å². The lowest BCUT2D eigenvalue weighted by Crippen LogP contribution is -2.35. The number of carbonyl (C=O) groups is 1. The van der Waals surface area contributed by atoms with Gasteiger partial charge in [0.05, 0.1) is 19.9 Å². The SMILES string of the molecule is COc1cc2c(cc1OC)CN(C(=O)c1sc(-c3cccnc3)nc1C)CC2. The van der Waals surface area contributed by atoms with Crippen LogP contribution in [0, 0.1) is 6.92 Å². The maximum atomic E-state index is 13.2. The molecule has 0 unspecified atom stereocenters. The van der Waals surface area contributed by atoms with Crippen LogP contribution < -0.4 is 9.47 Å². The predicted octanol–water partition coefficient (Wildman–Crippen LogP) is 3.73. The van der Waals surface area contributed by atoms with Crippen molar-refractivity contribution in [3.63, 3.8) is 0 Å². The van der Waals surface area contributed by atoms with Crippen LogP contribution in [0.4, 0.5) is 0 Å². The van der Waals surface area contributed by atoms with Gasteiger partial charge in [0.2, 0.25) is 0 Å². The predicted molar refractivity (Wildman–Crippen MR) is 108 cm³/mol. The molecule has 28 heavy (non-hydrogen) atoms. The van der Waals surface area contributed by atoms with Gasteiger partial charge in [0.1, 0.15) is 9.88 Å². The number of benzene rings is 1. The van der Waals surface area contributed by atoms with E-state index in [2.05, 4.69) is 9.97 Å². The molecule has 3 aromatic rings. The number of hydrogen-bond acceptors (Lipinski definition) is 6. The summed E-state index contributed by atoms with van der Waals surface area (Å²) in [5.74, 6) is 1.43. The lowest BCUT2D eigenvalue weighted by Gasteiger charge is -2.29.